The number of hydrogen-bond donors (Lipinski definition) is 9. The first kappa shape index (κ1) is 72.6. The molecule has 0 saturated carbocycles. The van der Waals surface area contributed by atoms with E-state index in [2.05, 4.69) is 31.3 Å². The molecule has 0 aromatic heterocycles. The molecule has 0 spiro atoms. The molecule has 78 heavy (non-hydrogen) atoms. The number of carbonyl (C=O) groups excluding carboxylic acids is 1. The van der Waals surface area contributed by atoms with E-state index >= 15 is 0 Å². The summed E-state index contributed by atoms with van der Waals surface area (Å²) in [6, 6.07) is -0.917. The summed E-state index contributed by atoms with van der Waals surface area (Å²) in [7, 11) is 0. The number of hydrogen-bond acceptors (Lipinski definition) is 13. The smallest absolute Gasteiger partial charge is 0.220 e. The van der Waals surface area contributed by atoms with E-state index < -0.39 is 86.8 Å². The SMILES string of the molecule is CCCCCCCC/C=C\CCCCCCCC(=O)NC(COC1OC(CO)C(OC2OC(CO)C(O)C(O)C2O)C(O)C1O)C(O)/C=C/CCCCCCCCCCCCCCCCCCCCCCCCCCCCC. The first-order valence-electron chi connectivity index (χ1n) is 32.6. The van der Waals surface area contributed by atoms with Crippen LogP contribution in [0.15, 0.2) is 24.3 Å². The van der Waals surface area contributed by atoms with Crippen LogP contribution in [0.4, 0.5) is 0 Å². The van der Waals surface area contributed by atoms with Crippen molar-refractivity contribution in [2.24, 2.45) is 0 Å². The summed E-state index contributed by atoms with van der Waals surface area (Å²) in [5.41, 5.74) is 0. The van der Waals surface area contributed by atoms with E-state index in [9.17, 15) is 45.6 Å². The number of unbranched alkanes of at least 4 members (excludes halogenated alkanes) is 38. The van der Waals surface area contributed by atoms with Gasteiger partial charge in [0.2, 0.25) is 5.91 Å². The minimum absolute atomic E-state index is 0.245. The molecule has 2 saturated heterocycles. The summed E-state index contributed by atoms with van der Waals surface area (Å²) in [6.07, 6.45) is 43.8. The first-order valence-corrected chi connectivity index (χ1v) is 32.6. The zero-order valence-corrected chi connectivity index (χ0v) is 49.7. The number of allylic oxidation sites excluding steroid dienone is 3. The first-order chi connectivity index (χ1) is 38.1. The van der Waals surface area contributed by atoms with Crippen molar-refractivity contribution in [2.75, 3.05) is 19.8 Å². The third-order valence-corrected chi connectivity index (χ3v) is 16.1. The Balaban J connectivity index is 1.69. The van der Waals surface area contributed by atoms with Crippen LogP contribution in [0.2, 0.25) is 0 Å². The molecule has 1 amide bonds. The number of aliphatic hydroxyl groups excluding tert-OH is 8. The molecule has 0 radical (unpaired) electrons. The highest BCUT2D eigenvalue weighted by Crippen LogP contribution is 2.30. The summed E-state index contributed by atoms with van der Waals surface area (Å²) < 4.78 is 22.8. The summed E-state index contributed by atoms with van der Waals surface area (Å²) in [5, 5.41) is 87.2. The number of aliphatic hydroxyl groups is 8. The number of amides is 1. The molecular weight excluding hydrogens is 991 g/mol. The van der Waals surface area contributed by atoms with Gasteiger partial charge in [-0.3, -0.25) is 4.79 Å². The second-order valence-electron chi connectivity index (χ2n) is 23.2. The van der Waals surface area contributed by atoms with E-state index in [1.54, 1.807) is 6.08 Å². The molecule has 9 N–H and O–H groups in total. The molecule has 2 heterocycles. The lowest BCUT2D eigenvalue weighted by molar-refractivity contribution is -0.359. The average Bonchev–Trinajstić information content (AvgIpc) is 3.48. The molecule has 2 aliphatic heterocycles. The van der Waals surface area contributed by atoms with Crippen molar-refractivity contribution in [1.29, 1.82) is 0 Å². The second-order valence-corrected chi connectivity index (χ2v) is 23.2. The van der Waals surface area contributed by atoms with Gasteiger partial charge >= 0.3 is 0 Å². The van der Waals surface area contributed by atoms with Gasteiger partial charge in [0.25, 0.3) is 0 Å². The molecule has 12 unspecified atom stereocenters. The van der Waals surface area contributed by atoms with Crippen molar-refractivity contribution in [2.45, 2.75) is 357 Å². The van der Waals surface area contributed by atoms with Crippen LogP contribution in [0.5, 0.6) is 0 Å². The zero-order chi connectivity index (χ0) is 56.7. The van der Waals surface area contributed by atoms with E-state index in [4.69, 9.17) is 18.9 Å². The minimum atomic E-state index is -1.79. The van der Waals surface area contributed by atoms with Gasteiger partial charge in [0.15, 0.2) is 12.6 Å². The van der Waals surface area contributed by atoms with Crippen LogP contribution < -0.4 is 5.32 Å². The summed E-state index contributed by atoms with van der Waals surface area (Å²) in [6.45, 7) is 2.82. The van der Waals surface area contributed by atoms with Crippen LogP contribution in [0, 0.1) is 0 Å². The van der Waals surface area contributed by atoms with Gasteiger partial charge in [-0.15, -0.1) is 0 Å². The van der Waals surface area contributed by atoms with Gasteiger partial charge in [-0.1, -0.05) is 256 Å². The highest BCUT2D eigenvalue weighted by molar-refractivity contribution is 5.76. The fourth-order valence-electron chi connectivity index (χ4n) is 10.9. The Morgan fingerprint density at radius 1 is 0.449 bits per heavy atom. The van der Waals surface area contributed by atoms with E-state index in [1.807, 2.05) is 6.08 Å². The lowest BCUT2D eigenvalue weighted by Crippen LogP contribution is -2.65. The molecule has 0 bridgehead atoms. The molecule has 0 aliphatic carbocycles. The molecule has 0 aromatic rings. The highest BCUT2D eigenvalue weighted by Gasteiger charge is 2.51. The van der Waals surface area contributed by atoms with Crippen molar-refractivity contribution < 1.29 is 64.6 Å². The fourth-order valence-corrected chi connectivity index (χ4v) is 10.9. The Kier molecular flexibility index (Phi) is 46.5. The molecule has 14 nitrogen and oxygen atoms in total. The van der Waals surface area contributed by atoms with Crippen LogP contribution in [-0.4, -0.2) is 140 Å². The third-order valence-electron chi connectivity index (χ3n) is 16.1. The maximum absolute atomic E-state index is 13.2. The van der Waals surface area contributed by atoms with Crippen LogP contribution in [0.25, 0.3) is 0 Å². The van der Waals surface area contributed by atoms with Crippen LogP contribution in [-0.2, 0) is 23.7 Å². The Labute approximate surface area is 475 Å². The van der Waals surface area contributed by atoms with Crippen molar-refractivity contribution in [3.8, 4) is 0 Å². The monoisotopic (exact) mass is 1110 g/mol. The second kappa shape index (κ2) is 50.0. The fraction of sp³-hybridized carbons (Fsp3) is 0.922. The van der Waals surface area contributed by atoms with Gasteiger partial charge in [0, 0.05) is 6.42 Å². The number of ether oxygens (including phenoxy) is 4. The maximum atomic E-state index is 13.2. The Morgan fingerprint density at radius 3 is 1.22 bits per heavy atom. The van der Waals surface area contributed by atoms with Gasteiger partial charge in [-0.2, -0.15) is 0 Å². The highest BCUT2D eigenvalue weighted by atomic mass is 16.7. The largest absolute Gasteiger partial charge is 0.394 e. The standard InChI is InChI=1S/C64H121NO13/c1-3-5-7-9-11-13-15-17-19-20-21-22-23-24-25-26-27-28-29-30-31-32-34-35-37-39-41-43-45-47-53(68)52(65-56(69)48-46-44-42-40-38-36-33-18-16-14-12-10-8-6-4-2)51-75-63-61(74)59(72)62(55(50-67)77-63)78-64-60(73)58(71)57(70)54(49-66)76-64/h18,33,45,47,52-55,57-64,66-68,70-74H,3-17,19-32,34-44,46,48-51H2,1-2H3,(H,65,69)/b33-18-,47-45+. The molecular formula is C64H121NO13. The van der Waals surface area contributed by atoms with Gasteiger partial charge < -0.3 is 65.1 Å². The molecule has 2 fully saturated rings. The molecule has 2 rings (SSSR count). The number of nitrogens with one attached hydrogen (secondary N) is 1. The lowest BCUT2D eigenvalue weighted by atomic mass is 9.97. The lowest BCUT2D eigenvalue weighted by Gasteiger charge is -2.46. The van der Waals surface area contributed by atoms with E-state index in [0.29, 0.717) is 6.42 Å². The van der Waals surface area contributed by atoms with Gasteiger partial charge in [-0.05, 0) is 44.9 Å². The predicted molar refractivity (Wildman–Crippen MR) is 314 cm³/mol. The predicted octanol–water partition coefficient (Wildman–Crippen LogP) is 12.0. The summed E-state index contributed by atoms with van der Waals surface area (Å²) >= 11 is 0. The number of rotatable bonds is 53. The van der Waals surface area contributed by atoms with Crippen LogP contribution in [0.1, 0.15) is 284 Å². The van der Waals surface area contributed by atoms with Crippen LogP contribution in [0.3, 0.4) is 0 Å². The zero-order valence-electron chi connectivity index (χ0n) is 49.7. The molecule has 12 atom stereocenters. The van der Waals surface area contributed by atoms with E-state index in [-0.39, 0.29) is 18.9 Å². The Hall–Kier alpha value is -1.53. The summed E-state index contributed by atoms with van der Waals surface area (Å²) in [5.74, 6) is -0.245. The van der Waals surface area contributed by atoms with Gasteiger partial charge in [0.1, 0.15) is 48.8 Å². The van der Waals surface area contributed by atoms with Crippen molar-refractivity contribution in [3.63, 3.8) is 0 Å². The molecule has 2 aliphatic rings. The quantitative estimate of drug-likeness (QED) is 0.0204. The van der Waals surface area contributed by atoms with E-state index in [1.165, 1.54) is 199 Å². The molecule has 0 aromatic carbocycles. The molecule has 460 valence electrons. The van der Waals surface area contributed by atoms with Gasteiger partial charge in [-0.25, -0.2) is 0 Å². The van der Waals surface area contributed by atoms with Crippen molar-refractivity contribution in [3.05, 3.63) is 24.3 Å². The average molecular weight is 1110 g/mol. The normalized spacial score (nSPS) is 24.6. The number of carbonyl (C=O) groups is 1. The van der Waals surface area contributed by atoms with Crippen molar-refractivity contribution in [1.82, 2.24) is 5.32 Å². The molecule has 14 heteroatoms. The van der Waals surface area contributed by atoms with Gasteiger partial charge in [0.05, 0.1) is 32.0 Å². The Bertz CT molecular complexity index is 1400. The minimum Gasteiger partial charge on any atom is -0.394 e. The van der Waals surface area contributed by atoms with Crippen molar-refractivity contribution >= 4 is 5.91 Å². The topological polar surface area (TPSA) is 228 Å². The Morgan fingerprint density at radius 2 is 0.808 bits per heavy atom. The van der Waals surface area contributed by atoms with E-state index in [0.717, 1.165) is 57.8 Å². The maximum Gasteiger partial charge on any atom is 0.220 e. The third kappa shape index (κ3) is 34.8. The summed E-state index contributed by atoms with van der Waals surface area (Å²) in [4.78, 5) is 13.2. The van der Waals surface area contributed by atoms with Crippen LogP contribution >= 0.6 is 0 Å².